The lowest BCUT2D eigenvalue weighted by Gasteiger charge is -2.29. The third kappa shape index (κ3) is 3.08. The van der Waals surface area contributed by atoms with Crippen LogP contribution in [0.4, 0.5) is 0 Å². The summed E-state index contributed by atoms with van der Waals surface area (Å²) in [6.45, 7) is 0.960. The first-order chi connectivity index (χ1) is 8.69. The minimum absolute atomic E-state index is 0.172. The number of hydrogen-bond acceptors (Lipinski definition) is 4. The Hall–Kier alpha value is -1.86. The van der Waals surface area contributed by atoms with Crippen LogP contribution in [0.25, 0.3) is 0 Å². The van der Waals surface area contributed by atoms with Crippen molar-refractivity contribution in [2.24, 2.45) is 0 Å². The van der Waals surface area contributed by atoms with E-state index in [1.165, 1.54) is 0 Å². The highest BCUT2D eigenvalue weighted by atomic mass is 32.1. The molecule has 3 N–H and O–H groups in total. The van der Waals surface area contributed by atoms with E-state index in [0.29, 0.717) is 24.0 Å². The fourth-order valence-electron chi connectivity index (χ4n) is 1.48. The molecule has 0 radical (unpaired) electrons. The second-order valence-corrected chi connectivity index (χ2v) is 4.12. The summed E-state index contributed by atoms with van der Waals surface area (Å²) in [7, 11) is 1.59. The van der Waals surface area contributed by atoms with Crippen LogP contribution >= 0.6 is 12.2 Å². The average Bonchev–Trinajstić information content (AvgIpc) is 2.41. The number of rotatable bonds is 3. The van der Waals surface area contributed by atoms with Crippen molar-refractivity contribution in [3.05, 3.63) is 29.8 Å². The molecular formula is C11H14N4O2S. The van der Waals surface area contributed by atoms with Crippen molar-refractivity contribution in [2.45, 2.75) is 0 Å². The minimum Gasteiger partial charge on any atom is -0.497 e. The number of nitrogens with zero attached hydrogens (tertiary/aromatic N) is 1. The van der Waals surface area contributed by atoms with Gasteiger partial charge in [0.2, 0.25) is 0 Å². The predicted octanol–water partition coefficient (Wildman–Crippen LogP) is 0.0347. The molecule has 0 unspecified atom stereocenters. The molecular weight excluding hydrogens is 252 g/mol. The Morgan fingerprint density at radius 2 is 1.94 bits per heavy atom. The summed E-state index contributed by atoms with van der Waals surface area (Å²) >= 11 is 4.92. The second kappa shape index (κ2) is 5.65. The highest BCUT2D eigenvalue weighted by Crippen LogP contribution is 2.11. The van der Waals surface area contributed by atoms with Crippen LogP contribution < -0.4 is 20.8 Å². The Labute approximate surface area is 110 Å². The number of nitrogens with one attached hydrogen (secondary N) is 3. The summed E-state index contributed by atoms with van der Waals surface area (Å²) in [6, 6.07) is 6.92. The number of methoxy groups -OCH3 is 1. The Balaban J connectivity index is 1.92. The van der Waals surface area contributed by atoms with E-state index >= 15 is 0 Å². The van der Waals surface area contributed by atoms with Crippen molar-refractivity contribution < 1.29 is 9.53 Å². The van der Waals surface area contributed by atoms with Crippen molar-refractivity contribution >= 4 is 23.2 Å². The van der Waals surface area contributed by atoms with E-state index in [1.807, 2.05) is 0 Å². The summed E-state index contributed by atoms with van der Waals surface area (Å²) < 4.78 is 5.03. The highest BCUT2D eigenvalue weighted by Gasteiger charge is 2.15. The molecule has 96 valence electrons. The molecule has 1 aromatic rings. The molecule has 1 heterocycles. The quantitative estimate of drug-likeness (QED) is 0.671. The first kappa shape index (κ1) is 12.6. The topological polar surface area (TPSA) is 65.6 Å². The lowest BCUT2D eigenvalue weighted by atomic mass is 10.2. The van der Waals surface area contributed by atoms with Crippen LogP contribution in [0.15, 0.2) is 24.3 Å². The van der Waals surface area contributed by atoms with E-state index in [9.17, 15) is 4.79 Å². The normalized spacial score (nSPS) is 15.5. The first-order valence-corrected chi connectivity index (χ1v) is 5.81. The smallest absolute Gasteiger partial charge is 0.265 e. The van der Waals surface area contributed by atoms with Gasteiger partial charge in [0.1, 0.15) is 5.75 Å². The molecule has 6 nitrogen and oxygen atoms in total. The Kier molecular flexibility index (Phi) is 3.96. The van der Waals surface area contributed by atoms with Gasteiger partial charge in [0.05, 0.1) is 20.4 Å². The van der Waals surface area contributed by atoms with Crippen molar-refractivity contribution in [3.63, 3.8) is 0 Å². The predicted molar refractivity (Wildman–Crippen MR) is 70.9 cm³/mol. The largest absolute Gasteiger partial charge is 0.497 e. The first-order valence-electron chi connectivity index (χ1n) is 5.41. The molecule has 1 aliphatic rings. The number of carbonyl (C=O) groups excluding carboxylic acids is 1. The molecule has 1 saturated heterocycles. The summed E-state index contributed by atoms with van der Waals surface area (Å²) in [5, 5.41) is 8.12. The van der Waals surface area contributed by atoms with Gasteiger partial charge in [-0.3, -0.25) is 10.2 Å². The van der Waals surface area contributed by atoms with Gasteiger partial charge in [-0.1, -0.05) is 0 Å². The number of ether oxygens (including phenoxy) is 1. The lowest BCUT2D eigenvalue weighted by Crippen LogP contribution is -2.59. The highest BCUT2D eigenvalue weighted by molar-refractivity contribution is 7.80. The summed E-state index contributed by atoms with van der Waals surface area (Å²) in [6.07, 6.45) is 0. The summed E-state index contributed by atoms with van der Waals surface area (Å²) in [4.78, 5) is 11.9. The molecule has 0 aliphatic carbocycles. The lowest BCUT2D eigenvalue weighted by molar-refractivity contribution is 0.0760. The average molecular weight is 266 g/mol. The molecule has 1 amide bonds. The van der Waals surface area contributed by atoms with E-state index in [2.05, 4.69) is 16.1 Å². The van der Waals surface area contributed by atoms with Gasteiger partial charge in [-0.15, -0.1) is 0 Å². The number of benzene rings is 1. The van der Waals surface area contributed by atoms with Gasteiger partial charge in [-0.25, -0.2) is 0 Å². The fourth-order valence-corrected chi connectivity index (χ4v) is 1.61. The molecule has 1 aliphatic heterocycles. The zero-order valence-electron chi connectivity index (χ0n) is 9.90. The van der Waals surface area contributed by atoms with Gasteiger partial charge in [-0.2, -0.15) is 5.01 Å². The number of amides is 1. The molecule has 0 atom stereocenters. The molecule has 7 heteroatoms. The van der Waals surface area contributed by atoms with E-state index < -0.39 is 0 Å². The Bertz CT molecular complexity index is 439. The molecule has 0 aromatic heterocycles. The van der Waals surface area contributed by atoms with Crippen LogP contribution in [-0.4, -0.2) is 36.5 Å². The van der Waals surface area contributed by atoms with E-state index in [1.54, 1.807) is 36.4 Å². The van der Waals surface area contributed by atoms with Crippen molar-refractivity contribution in [2.75, 3.05) is 20.4 Å². The maximum atomic E-state index is 11.9. The molecule has 1 aromatic carbocycles. The van der Waals surface area contributed by atoms with Crippen molar-refractivity contribution in [1.82, 2.24) is 21.1 Å². The zero-order chi connectivity index (χ0) is 13.0. The van der Waals surface area contributed by atoms with Gasteiger partial charge >= 0.3 is 0 Å². The third-order valence-electron chi connectivity index (χ3n) is 2.47. The number of carbonyl (C=O) groups is 1. The zero-order valence-corrected chi connectivity index (χ0v) is 10.7. The van der Waals surface area contributed by atoms with Gasteiger partial charge in [0.25, 0.3) is 5.91 Å². The molecule has 1 fully saturated rings. The van der Waals surface area contributed by atoms with Gasteiger partial charge < -0.3 is 15.4 Å². The maximum Gasteiger partial charge on any atom is 0.265 e. The Morgan fingerprint density at radius 3 is 2.50 bits per heavy atom. The molecule has 0 saturated carbocycles. The number of hydrazine groups is 1. The van der Waals surface area contributed by atoms with Gasteiger partial charge in [-0.05, 0) is 36.5 Å². The van der Waals surface area contributed by atoms with Crippen LogP contribution in [-0.2, 0) is 0 Å². The standard InChI is InChI=1S/C11H14N4O2S/c1-17-9-4-2-8(3-5-9)10(16)14-15-6-12-11(18)13-7-15/h2-5H,6-7H2,1H3,(H,14,16)(H2,12,13,18). The summed E-state index contributed by atoms with van der Waals surface area (Å²) in [5.41, 5.74) is 3.34. The van der Waals surface area contributed by atoms with E-state index in [4.69, 9.17) is 17.0 Å². The molecule has 18 heavy (non-hydrogen) atoms. The maximum absolute atomic E-state index is 11.9. The van der Waals surface area contributed by atoms with Crippen LogP contribution in [0.1, 0.15) is 10.4 Å². The van der Waals surface area contributed by atoms with Crippen LogP contribution in [0.3, 0.4) is 0 Å². The number of thiocarbonyl (C=S) groups is 1. The van der Waals surface area contributed by atoms with E-state index in [-0.39, 0.29) is 5.91 Å². The van der Waals surface area contributed by atoms with Gasteiger partial charge in [0.15, 0.2) is 5.11 Å². The summed E-state index contributed by atoms with van der Waals surface area (Å²) in [5.74, 6) is 0.548. The fraction of sp³-hybridized carbons (Fsp3) is 0.273. The van der Waals surface area contributed by atoms with Crippen molar-refractivity contribution in [1.29, 1.82) is 0 Å². The SMILES string of the molecule is COc1ccc(C(=O)NN2CNC(=S)NC2)cc1. The molecule has 0 spiro atoms. The van der Waals surface area contributed by atoms with E-state index in [0.717, 1.165) is 5.75 Å². The Morgan fingerprint density at radius 1 is 1.33 bits per heavy atom. The third-order valence-corrected chi connectivity index (χ3v) is 2.76. The molecule has 2 rings (SSSR count). The van der Waals surface area contributed by atoms with Gasteiger partial charge in [0, 0.05) is 5.56 Å². The van der Waals surface area contributed by atoms with Crippen LogP contribution in [0.5, 0.6) is 5.75 Å². The minimum atomic E-state index is -0.172. The molecule has 0 bridgehead atoms. The van der Waals surface area contributed by atoms with Crippen LogP contribution in [0, 0.1) is 0 Å². The monoisotopic (exact) mass is 266 g/mol. The second-order valence-electron chi connectivity index (χ2n) is 3.71. The van der Waals surface area contributed by atoms with Crippen LogP contribution in [0.2, 0.25) is 0 Å². The number of hydrogen-bond donors (Lipinski definition) is 3. The van der Waals surface area contributed by atoms with Crippen molar-refractivity contribution in [3.8, 4) is 5.75 Å².